The first-order valence-electron chi connectivity index (χ1n) is 10.4. The van der Waals surface area contributed by atoms with Gasteiger partial charge in [0.1, 0.15) is 11.3 Å². The van der Waals surface area contributed by atoms with Crippen LogP contribution in [0.2, 0.25) is 0 Å². The molecule has 0 spiro atoms. The van der Waals surface area contributed by atoms with Gasteiger partial charge in [-0.3, -0.25) is 9.52 Å². The molecule has 2 heterocycles. The fraction of sp³-hybridized carbons (Fsp3) is 0.409. The second-order valence-corrected chi connectivity index (χ2v) is 10.1. The number of fused-ring (bicyclic) bond motifs is 1. The molecule has 172 valence electrons. The van der Waals surface area contributed by atoms with E-state index in [0.717, 1.165) is 0 Å². The summed E-state index contributed by atoms with van der Waals surface area (Å²) in [7, 11) is -1.76. The number of nitrogens with zero attached hydrogens (tertiary/aromatic N) is 1. The lowest BCUT2D eigenvalue weighted by molar-refractivity contribution is -0.0581. The summed E-state index contributed by atoms with van der Waals surface area (Å²) >= 11 is 0. The van der Waals surface area contributed by atoms with Crippen molar-refractivity contribution in [1.82, 2.24) is 9.55 Å². The number of nitrogens with one attached hydrogen (secondary N) is 2. The van der Waals surface area contributed by atoms with Crippen LogP contribution in [0.4, 0.5) is 14.5 Å². The molecule has 10 heteroatoms. The number of ether oxygens (including phenoxy) is 1. The lowest BCUT2D eigenvalue weighted by Crippen LogP contribution is -2.30. The second kappa shape index (κ2) is 8.23. The molecule has 7 nitrogen and oxygen atoms in total. The summed E-state index contributed by atoms with van der Waals surface area (Å²) in [6, 6.07) is 6.64. The molecule has 0 radical (unpaired) electrons. The minimum atomic E-state index is -3.50. The monoisotopic (exact) mass is 465 g/mol. The van der Waals surface area contributed by atoms with Crippen LogP contribution in [0.5, 0.6) is 5.75 Å². The first kappa shape index (κ1) is 22.3. The van der Waals surface area contributed by atoms with Crippen molar-refractivity contribution in [3.05, 3.63) is 47.0 Å². The summed E-state index contributed by atoms with van der Waals surface area (Å²) in [6.07, 6.45) is 2.94. The van der Waals surface area contributed by atoms with E-state index < -0.39 is 15.9 Å². The molecule has 0 unspecified atom stereocenters. The molecule has 0 bridgehead atoms. The average molecular weight is 466 g/mol. The van der Waals surface area contributed by atoms with Crippen molar-refractivity contribution < 1.29 is 21.9 Å². The van der Waals surface area contributed by atoms with Gasteiger partial charge in [0.05, 0.1) is 11.9 Å². The third-order valence-electron chi connectivity index (χ3n) is 5.78. The normalized spacial score (nSPS) is 16.9. The van der Waals surface area contributed by atoms with Crippen LogP contribution in [0.25, 0.3) is 22.0 Å². The lowest BCUT2D eigenvalue weighted by atomic mass is 9.94. The Bertz CT molecular complexity index is 1300. The third-order valence-corrected chi connectivity index (χ3v) is 7.09. The molecule has 1 saturated carbocycles. The van der Waals surface area contributed by atoms with Crippen LogP contribution in [0.1, 0.15) is 32.6 Å². The quantitative estimate of drug-likeness (QED) is 0.569. The van der Waals surface area contributed by atoms with Crippen LogP contribution in [-0.4, -0.2) is 35.7 Å². The van der Waals surface area contributed by atoms with Gasteiger partial charge in [-0.15, -0.1) is 0 Å². The first-order chi connectivity index (χ1) is 15.1. The van der Waals surface area contributed by atoms with Crippen LogP contribution < -0.4 is 15.0 Å². The summed E-state index contributed by atoms with van der Waals surface area (Å²) in [5, 5.41) is 0.673. The van der Waals surface area contributed by atoms with Crippen LogP contribution in [0, 0.1) is 0 Å². The Balaban J connectivity index is 1.79. The van der Waals surface area contributed by atoms with Crippen molar-refractivity contribution >= 4 is 26.6 Å². The van der Waals surface area contributed by atoms with Gasteiger partial charge < -0.3 is 14.3 Å². The van der Waals surface area contributed by atoms with Crippen molar-refractivity contribution in [3.8, 4) is 16.9 Å². The van der Waals surface area contributed by atoms with Crippen LogP contribution in [-0.2, 0) is 17.1 Å². The molecule has 1 aromatic carbocycles. The number of hydrogen-bond acceptors (Lipinski definition) is 4. The predicted molar refractivity (Wildman–Crippen MR) is 120 cm³/mol. The van der Waals surface area contributed by atoms with Gasteiger partial charge in [-0.2, -0.15) is 0 Å². The van der Waals surface area contributed by atoms with Crippen LogP contribution >= 0.6 is 0 Å². The Morgan fingerprint density at radius 1 is 1.22 bits per heavy atom. The topological polar surface area (TPSA) is 93.2 Å². The first-order valence-corrected chi connectivity index (χ1v) is 12.1. The van der Waals surface area contributed by atoms with E-state index in [1.165, 1.54) is 6.92 Å². The lowest BCUT2D eigenvalue weighted by Gasteiger charge is -2.29. The molecule has 2 aromatic heterocycles. The Hall–Kier alpha value is -2.88. The van der Waals surface area contributed by atoms with Crippen molar-refractivity contribution in [3.63, 3.8) is 0 Å². The Morgan fingerprint density at radius 2 is 1.94 bits per heavy atom. The van der Waals surface area contributed by atoms with Gasteiger partial charge in [0.25, 0.3) is 5.56 Å². The molecular weight excluding hydrogens is 440 g/mol. The van der Waals surface area contributed by atoms with Gasteiger partial charge in [-0.1, -0.05) is 0 Å². The highest BCUT2D eigenvalue weighted by Gasteiger charge is 2.36. The Kier molecular flexibility index (Phi) is 5.74. The number of H-pyrrole nitrogens is 1. The maximum Gasteiger partial charge on any atom is 0.272 e. The average Bonchev–Trinajstić information content (AvgIpc) is 3.08. The predicted octanol–water partition coefficient (Wildman–Crippen LogP) is 4.25. The Morgan fingerprint density at radius 3 is 2.62 bits per heavy atom. The summed E-state index contributed by atoms with van der Waals surface area (Å²) in [4.78, 5) is 15.0. The van der Waals surface area contributed by atoms with Crippen molar-refractivity contribution in [2.24, 2.45) is 7.05 Å². The largest absolute Gasteiger partial charge is 0.490 e. The van der Waals surface area contributed by atoms with Crippen molar-refractivity contribution in [2.45, 2.75) is 44.6 Å². The van der Waals surface area contributed by atoms with Gasteiger partial charge in [0.2, 0.25) is 15.9 Å². The molecule has 2 N–H and O–H groups in total. The number of rotatable bonds is 6. The molecule has 3 aromatic rings. The fourth-order valence-corrected chi connectivity index (χ4v) is 4.68. The molecule has 1 fully saturated rings. The molecule has 1 aliphatic carbocycles. The van der Waals surface area contributed by atoms with Crippen molar-refractivity contribution in [2.75, 3.05) is 10.5 Å². The number of anilines is 1. The molecule has 0 saturated heterocycles. The molecule has 0 aliphatic heterocycles. The minimum absolute atomic E-state index is 0.0828. The number of hydrogen-bond donors (Lipinski definition) is 2. The smallest absolute Gasteiger partial charge is 0.272 e. The molecule has 4 rings (SSSR count). The minimum Gasteiger partial charge on any atom is -0.490 e. The third kappa shape index (κ3) is 4.50. The van der Waals surface area contributed by atoms with E-state index in [9.17, 15) is 22.0 Å². The zero-order valence-corrected chi connectivity index (χ0v) is 18.6. The SMILES string of the molecule is CCS(=O)(=O)Nc1ccc(OC2CCC(F)(F)CC2)c(-c2cn(C)c3c(=O)[nH]ccc23)c1. The van der Waals surface area contributed by atoms with Crippen molar-refractivity contribution in [1.29, 1.82) is 0 Å². The van der Waals surface area contributed by atoms with E-state index in [-0.39, 0.29) is 43.1 Å². The maximum absolute atomic E-state index is 13.6. The Labute approximate surface area is 184 Å². The van der Waals surface area contributed by atoms with Gasteiger partial charge in [-0.25, -0.2) is 17.2 Å². The van der Waals surface area contributed by atoms with Gasteiger partial charge in [-0.05, 0) is 44.0 Å². The number of aromatic nitrogens is 2. The van der Waals surface area contributed by atoms with E-state index in [0.29, 0.717) is 33.5 Å². The molecule has 0 atom stereocenters. The fourth-order valence-electron chi connectivity index (χ4n) is 4.05. The van der Waals surface area contributed by atoms with E-state index in [1.807, 2.05) is 0 Å². The summed E-state index contributed by atoms with van der Waals surface area (Å²) in [5.41, 5.74) is 1.82. The highest BCUT2D eigenvalue weighted by atomic mass is 32.2. The molecule has 32 heavy (non-hydrogen) atoms. The van der Waals surface area contributed by atoms with Crippen LogP contribution in [0.3, 0.4) is 0 Å². The van der Waals surface area contributed by atoms with Gasteiger partial charge in [0, 0.05) is 54.5 Å². The maximum atomic E-state index is 13.6. The number of halogens is 2. The number of sulfonamides is 1. The number of benzene rings is 1. The van der Waals surface area contributed by atoms with Gasteiger partial charge >= 0.3 is 0 Å². The summed E-state index contributed by atoms with van der Waals surface area (Å²) in [5.74, 6) is -2.30. The zero-order valence-electron chi connectivity index (χ0n) is 17.8. The molecule has 1 aliphatic rings. The number of pyridine rings is 1. The standard InChI is InChI=1S/C22H25F2N3O4S/c1-3-32(29,30)26-14-4-5-19(31-15-6-9-22(23,24)10-7-15)17(12-14)18-13-27(2)20-16(18)8-11-25-21(20)28/h4-5,8,11-13,15,26H,3,6-7,9-10H2,1-2H3,(H,25,28). The molecule has 0 amide bonds. The number of aromatic amines is 1. The number of alkyl halides is 2. The summed E-state index contributed by atoms with van der Waals surface area (Å²) in [6.45, 7) is 1.54. The highest BCUT2D eigenvalue weighted by Crippen LogP contribution is 2.40. The number of aryl methyl sites for hydroxylation is 1. The molecular formula is C22H25F2N3O4S. The zero-order chi connectivity index (χ0) is 23.1. The van der Waals surface area contributed by atoms with Gasteiger partial charge in [0.15, 0.2) is 0 Å². The summed E-state index contributed by atoms with van der Waals surface area (Å²) < 4.78 is 61.6. The van der Waals surface area contributed by atoms with E-state index in [1.54, 1.807) is 48.3 Å². The second-order valence-electron chi connectivity index (χ2n) is 8.11. The highest BCUT2D eigenvalue weighted by molar-refractivity contribution is 7.92. The van der Waals surface area contributed by atoms with E-state index in [2.05, 4.69) is 9.71 Å². The van der Waals surface area contributed by atoms with Crippen LogP contribution in [0.15, 0.2) is 41.5 Å². The van der Waals surface area contributed by atoms with E-state index in [4.69, 9.17) is 4.74 Å². The van der Waals surface area contributed by atoms with E-state index >= 15 is 0 Å².